The molecule has 0 aliphatic heterocycles. The van der Waals surface area contributed by atoms with Gasteiger partial charge in [-0.1, -0.05) is 25.0 Å². The van der Waals surface area contributed by atoms with Crippen molar-refractivity contribution in [2.75, 3.05) is 0 Å². The summed E-state index contributed by atoms with van der Waals surface area (Å²) in [6.45, 7) is 0. The highest BCUT2D eigenvalue weighted by Crippen LogP contribution is 2.34. The Morgan fingerprint density at radius 2 is 1.78 bits per heavy atom. The molecule has 0 aromatic heterocycles. The van der Waals surface area contributed by atoms with Gasteiger partial charge in [-0.25, -0.2) is 4.39 Å². The van der Waals surface area contributed by atoms with E-state index in [0.717, 1.165) is 31.2 Å². The second-order valence-corrected chi connectivity index (χ2v) is 5.23. The molecule has 2 rings (SSSR count). The predicted molar refractivity (Wildman–Crippen MR) is 67.8 cm³/mol. The molecule has 1 N–H and O–H groups in total. The largest absolute Gasteiger partial charge is 0.481 e. The Kier molecular flexibility index (Phi) is 4.34. The predicted octanol–water partition coefficient (Wildman–Crippen LogP) is 3.65. The van der Waals surface area contributed by atoms with Crippen molar-refractivity contribution in [3.05, 3.63) is 35.6 Å². The van der Waals surface area contributed by atoms with Crippen LogP contribution in [0.5, 0.6) is 0 Å². The van der Waals surface area contributed by atoms with E-state index in [4.69, 9.17) is 5.11 Å². The molecular formula is C15H19FO2. The summed E-state index contributed by atoms with van der Waals surface area (Å²) < 4.78 is 12.8. The number of benzene rings is 1. The zero-order valence-corrected chi connectivity index (χ0v) is 10.4. The molecule has 1 aromatic rings. The Morgan fingerprint density at radius 3 is 2.39 bits per heavy atom. The fourth-order valence-corrected chi connectivity index (χ4v) is 2.97. The summed E-state index contributed by atoms with van der Waals surface area (Å²) in [5.41, 5.74) is 1.11. The van der Waals surface area contributed by atoms with Crippen LogP contribution in [0.3, 0.4) is 0 Å². The van der Waals surface area contributed by atoms with Crippen LogP contribution < -0.4 is 0 Å². The molecule has 2 atom stereocenters. The van der Waals surface area contributed by atoms with Gasteiger partial charge >= 0.3 is 5.97 Å². The van der Waals surface area contributed by atoms with Gasteiger partial charge in [0.15, 0.2) is 0 Å². The Bertz CT molecular complexity index is 399. The first-order chi connectivity index (χ1) is 8.65. The van der Waals surface area contributed by atoms with Gasteiger partial charge in [0.05, 0.1) is 0 Å². The highest BCUT2D eigenvalue weighted by Gasteiger charge is 2.26. The lowest BCUT2D eigenvalue weighted by Crippen LogP contribution is -2.24. The van der Waals surface area contributed by atoms with Crippen molar-refractivity contribution in [1.29, 1.82) is 0 Å². The van der Waals surface area contributed by atoms with Crippen LogP contribution in [0.4, 0.5) is 4.39 Å². The molecule has 0 bridgehead atoms. The van der Waals surface area contributed by atoms with E-state index in [9.17, 15) is 9.18 Å². The van der Waals surface area contributed by atoms with Gasteiger partial charge in [0.2, 0.25) is 0 Å². The monoisotopic (exact) mass is 250 g/mol. The van der Waals surface area contributed by atoms with Crippen molar-refractivity contribution in [3.63, 3.8) is 0 Å². The van der Waals surface area contributed by atoms with Crippen molar-refractivity contribution >= 4 is 5.97 Å². The Hall–Kier alpha value is -1.38. The van der Waals surface area contributed by atoms with Crippen LogP contribution in [0, 0.1) is 17.7 Å². The quantitative estimate of drug-likeness (QED) is 0.885. The standard InChI is InChI=1S/C15H19FO2/c16-14-7-5-11(6-8-14)9-12-3-1-2-4-13(12)10-15(17)18/h5-8,12-13H,1-4,9-10H2,(H,17,18). The number of hydrogen-bond acceptors (Lipinski definition) is 1. The molecule has 18 heavy (non-hydrogen) atoms. The molecule has 1 saturated carbocycles. The summed E-state index contributed by atoms with van der Waals surface area (Å²) in [5.74, 6) is -0.211. The van der Waals surface area contributed by atoms with E-state index in [1.54, 1.807) is 0 Å². The third-order valence-corrected chi connectivity index (χ3v) is 3.91. The minimum Gasteiger partial charge on any atom is -0.481 e. The lowest BCUT2D eigenvalue weighted by atomic mass is 9.75. The minimum atomic E-state index is -0.703. The maximum atomic E-state index is 12.8. The van der Waals surface area contributed by atoms with Crippen LogP contribution in [-0.2, 0) is 11.2 Å². The zero-order chi connectivity index (χ0) is 13.0. The van der Waals surface area contributed by atoms with Crippen LogP contribution in [0.1, 0.15) is 37.7 Å². The van der Waals surface area contributed by atoms with Crippen LogP contribution in [0.25, 0.3) is 0 Å². The van der Waals surface area contributed by atoms with Gasteiger partial charge < -0.3 is 5.11 Å². The number of carboxylic acids is 1. The molecule has 98 valence electrons. The van der Waals surface area contributed by atoms with E-state index >= 15 is 0 Å². The summed E-state index contributed by atoms with van der Waals surface area (Å²) in [5, 5.41) is 8.94. The van der Waals surface area contributed by atoms with Gasteiger partial charge in [0.25, 0.3) is 0 Å². The van der Waals surface area contributed by atoms with Gasteiger partial charge in [0, 0.05) is 6.42 Å². The average molecular weight is 250 g/mol. The van der Waals surface area contributed by atoms with Crippen LogP contribution in [0.15, 0.2) is 24.3 Å². The number of hydrogen-bond donors (Lipinski definition) is 1. The van der Waals surface area contributed by atoms with Gasteiger partial charge in [-0.3, -0.25) is 4.79 Å². The maximum absolute atomic E-state index is 12.8. The molecule has 2 nitrogen and oxygen atoms in total. The first kappa shape index (κ1) is 13.1. The fourth-order valence-electron chi connectivity index (χ4n) is 2.97. The summed E-state index contributed by atoms with van der Waals surface area (Å²) in [6, 6.07) is 6.57. The highest BCUT2D eigenvalue weighted by atomic mass is 19.1. The van der Waals surface area contributed by atoms with E-state index in [0.29, 0.717) is 5.92 Å². The van der Waals surface area contributed by atoms with Crippen molar-refractivity contribution in [1.82, 2.24) is 0 Å². The Morgan fingerprint density at radius 1 is 1.17 bits per heavy atom. The van der Waals surface area contributed by atoms with E-state index < -0.39 is 5.97 Å². The van der Waals surface area contributed by atoms with Gasteiger partial charge in [0.1, 0.15) is 5.82 Å². The van der Waals surface area contributed by atoms with E-state index in [1.165, 1.54) is 18.6 Å². The summed E-state index contributed by atoms with van der Waals surface area (Å²) in [6.07, 6.45) is 5.57. The number of halogens is 1. The number of rotatable bonds is 4. The number of carbonyl (C=O) groups is 1. The summed E-state index contributed by atoms with van der Waals surface area (Å²) in [4.78, 5) is 10.9. The van der Waals surface area contributed by atoms with Crippen LogP contribution in [0.2, 0.25) is 0 Å². The molecule has 0 saturated heterocycles. The molecule has 2 unspecified atom stereocenters. The summed E-state index contributed by atoms with van der Waals surface area (Å²) in [7, 11) is 0. The van der Waals surface area contributed by atoms with Crippen molar-refractivity contribution in [3.8, 4) is 0 Å². The van der Waals surface area contributed by atoms with Crippen LogP contribution >= 0.6 is 0 Å². The molecule has 1 aliphatic carbocycles. The Balaban J connectivity index is 2.00. The molecule has 0 spiro atoms. The van der Waals surface area contributed by atoms with Gasteiger partial charge in [-0.15, -0.1) is 0 Å². The van der Waals surface area contributed by atoms with Gasteiger partial charge in [-0.2, -0.15) is 0 Å². The van der Waals surface area contributed by atoms with E-state index in [2.05, 4.69) is 0 Å². The fraction of sp³-hybridized carbons (Fsp3) is 0.533. The third-order valence-electron chi connectivity index (χ3n) is 3.91. The van der Waals surface area contributed by atoms with Crippen molar-refractivity contribution < 1.29 is 14.3 Å². The van der Waals surface area contributed by atoms with Gasteiger partial charge in [-0.05, 0) is 48.8 Å². The lowest BCUT2D eigenvalue weighted by molar-refractivity contribution is -0.138. The van der Waals surface area contributed by atoms with Crippen molar-refractivity contribution in [2.24, 2.45) is 11.8 Å². The second kappa shape index (κ2) is 5.98. The highest BCUT2D eigenvalue weighted by molar-refractivity contribution is 5.67. The number of carboxylic acid groups (broad SMARTS) is 1. The maximum Gasteiger partial charge on any atom is 0.303 e. The molecule has 0 heterocycles. The smallest absolute Gasteiger partial charge is 0.303 e. The first-order valence-electron chi connectivity index (χ1n) is 6.61. The molecule has 0 radical (unpaired) electrons. The average Bonchev–Trinajstić information content (AvgIpc) is 2.34. The molecular weight excluding hydrogens is 231 g/mol. The molecule has 1 aliphatic rings. The lowest BCUT2D eigenvalue weighted by Gasteiger charge is -2.30. The van der Waals surface area contributed by atoms with E-state index in [1.807, 2.05) is 12.1 Å². The first-order valence-corrected chi connectivity index (χ1v) is 6.61. The minimum absolute atomic E-state index is 0.218. The SMILES string of the molecule is O=C(O)CC1CCCCC1Cc1ccc(F)cc1. The molecule has 0 amide bonds. The summed E-state index contributed by atoms with van der Waals surface area (Å²) >= 11 is 0. The second-order valence-electron chi connectivity index (χ2n) is 5.23. The topological polar surface area (TPSA) is 37.3 Å². The Labute approximate surface area is 107 Å². The van der Waals surface area contributed by atoms with Crippen LogP contribution in [-0.4, -0.2) is 11.1 Å². The zero-order valence-electron chi connectivity index (χ0n) is 10.4. The normalized spacial score (nSPS) is 23.8. The molecule has 1 aromatic carbocycles. The molecule has 1 fully saturated rings. The molecule has 3 heteroatoms. The van der Waals surface area contributed by atoms with E-state index in [-0.39, 0.29) is 18.2 Å². The third kappa shape index (κ3) is 3.56. The number of aliphatic carboxylic acids is 1. The van der Waals surface area contributed by atoms with Crippen molar-refractivity contribution in [2.45, 2.75) is 38.5 Å².